The van der Waals surface area contributed by atoms with Crippen LogP contribution in [0.5, 0.6) is 0 Å². The highest BCUT2D eigenvalue weighted by Gasteiger charge is 2.67. The number of allylic oxidation sites excluding steroid dienone is 2. The zero-order valence-corrected chi connectivity index (χ0v) is 19.2. The van der Waals surface area contributed by atoms with Gasteiger partial charge in [-0.2, -0.15) is 0 Å². The Bertz CT molecular complexity index is 1150. The number of benzene rings is 2. The second-order valence-electron chi connectivity index (χ2n) is 9.32. The van der Waals surface area contributed by atoms with Crippen molar-refractivity contribution in [1.29, 1.82) is 0 Å². The first-order chi connectivity index (χ1) is 15.5. The maximum atomic E-state index is 13.3. The first kappa shape index (κ1) is 19.9. The highest BCUT2D eigenvalue weighted by Crippen LogP contribution is 2.65. The molecule has 5 nitrogen and oxygen atoms in total. The van der Waals surface area contributed by atoms with Gasteiger partial charge in [-0.05, 0) is 84.5 Å². The van der Waals surface area contributed by atoms with Gasteiger partial charge < -0.3 is 5.32 Å². The van der Waals surface area contributed by atoms with E-state index >= 15 is 0 Å². The highest BCUT2D eigenvalue weighted by atomic mass is 79.9. The summed E-state index contributed by atoms with van der Waals surface area (Å²) in [4.78, 5) is 40.7. The van der Waals surface area contributed by atoms with E-state index in [1.54, 1.807) is 24.3 Å². The molecule has 2 aromatic carbocycles. The van der Waals surface area contributed by atoms with Crippen molar-refractivity contribution in [2.45, 2.75) is 19.8 Å². The summed E-state index contributed by atoms with van der Waals surface area (Å²) in [5, 5.41) is 2.97. The monoisotopic (exact) mass is 490 g/mol. The lowest BCUT2D eigenvalue weighted by Crippen LogP contribution is -2.40. The molecule has 0 spiro atoms. The van der Waals surface area contributed by atoms with E-state index in [1.165, 1.54) is 4.90 Å². The average Bonchev–Trinajstić information content (AvgIpc) is 3.58. The van der Waals surface area contributed by atoms with Crippen molar-refractivity contribution in [2.24, 2.45) is 35.5 Å². The summed E-state index contributed by atoms with van der Waals surface area (Å²) in [5.74, 6) is 0.780. The maximum absolute atomic E-state index is 13.3. The lowest BCUT2D eigenvalue weighted by molar-refractivity contribution is -0.124. The summed E-state index contributed by atoms with van der Waals surface area (Å²) in [6, 6.07) is 12.6. The summed E-state index contributed by atoms with van der Waals surface area (Å²) in [5.41, 5.74) is 2.86. The first-order valence-corrected chi connectivity index (χ1v) is 12.0. The number of carbonyl (C=O) groups excluding carboxylic acids is 3. The molecule has 1 heterocycles. The number of rotatable bonds is 4. The normalized spacial score (nSPS) is 31.5. The number of amides is 3. The Morgan fingerprint density at radius 1 is 1.00 bits per heavy atom. The molecule has 1 saturated heterocycles. The minimum absolute atomic E-state index is 0.0793. The van der Waals surface area contributed by atoms with Crippen LogP contribution in [0.25, 0.3) is 0 Å². The summed E-state index contributed by atoms with van der Waals surface area (Å²) in [7, 11) is 0. The SMILES string of the molecule is CCc1cc(Br)ccc1NC(=O)c1ccc(N2C(=O)[C@@H]3[C@@H]4C=C[C@H]([C@H]5C[C@H]45)[C@@H]3C2=O)cc1. The van der Waals surface area contributed by atoms with Gasteiger partial charge in [0.25, 0.3) is 5.91 Å². The third-order valence-electron chi connectivity index (χ3n) is 7.75. The van der Waals surface area contributed by atoms with Gasteiger partial charge in [-0.3, -0.25) is 19.3 Å². The number of anilines is 2. The quantitative estimate of drug-likeness (QED) is 0.493. The van der Waals surface area contributed by atoms with Crippen LogP contribution in [0.3, 0.4) is 0 Å². The lowest BCUT2D eigenvalue weighted by Gasteiger charge is -2.37. The molecule has 3 amide bonds. The maximum Gasteiger partial charge on any atom is 0.255 e. The van der Waals surface area contributed by atoms with Crippen LogP contribution >= 0.6 is 15.9 Å². The molecule has 0 unspecified atom stereocenters. The van der Waals surface area contributed by atoms with Gasteiger partial charge in [-0.1, -0.05) is 35.0 Å². The molecule has 162 valence electrons. The molecule has 0 radical (unpaired) electrons. The van der Waals surface area contributed by atoms with Crippen LogP contribution in [0.2, 0.25) is 0 Å². The zero-order chi connectivity index (χ0) is 22.1. The fourth-order valence-electron chi connectivity index (χ4n) is 6.14. The third kappa shape index (κ3) is 2.85. The standard InChI is InChI=1S/C26H23BrN2O3/c1-2-13-11-15(27)5-10-21(13)28-24(30)14-3-6-16(7-4-14)29-25(31)22-17-8-9-18(20-12-19(17)20)23(22)26(29)32/h3-11,17-20,22-23H,2,12H2,1H3,(H,28,30)/t17-,18-,19-,20-,22-,23+/m1/s1. The van der Waals surface area contributed by atoms with Crippen molar-refractivity contribution in [3.05, 3.63) is 70.2 Å². The Morgan fingerprint density at radius 2 is 1.62 bits per heavy atom. The van der Waals surface area contributed by atoms with E-state index in [2.05, 4.69) is 33.4 Å². The Morgan fingerprint density at radius 3 is 2.22 bits per heavy atom. The van der Waals surface area contributed by atoms with Gasteiger partial charge in [-0.15, -0.1) is 0 Å². The number of aryl methyl sites for hydroxylation is 1. The molecule has 2 saturated carbocycles. The topological polar surface area (TPSA) is 66.5 Å². The lowest BCUT2D eigenvalue weighted by atomic mass is 9.63. The fourth-order valence-corrected chi connectivity index (χ4v) is 6.55. The van der Waals surface area contributed by atoms with Crippen LogP contribution in [0.15, 0.2) is 59.1 Å². The van der Waals surface area contributed by atoms with E-state index in [4.69, 9.17) is 0 Å². The van der Waals surface area contributed by atoms with Crippen molar-refractivity contribution in [1.82, 2.24) is 0 Å². The molecule has 4 aliphatic carbocycles. The molecule has 6 atom stereocenters. The third-order valence-corrected chi connectivity index (χ3v) is 8.24. The average molecular weight is 491 g/mol. The Balaban J connectivity index is 1.22. The number of hydrogen-bond acceptors (Lipinski definition) is 3. The van der Waals surface area contributed by atoms with Gasteiger partial charge in [0.15, 0.2) is 0 Å². The molecule has 6 heteroatoms. The van der Waals surface area contributed by atoms with Gasteiger partial charge in [0.2, 0.25) is 11.8 Å². The number of carbonyl (C=O) groups is 3. The zero-order valence-electron chi connectivity index (χ0n) is 17.6. The minimum Gasteiger partial charge on any atom is -0.322 e. The van der Waals surface area contributed by atoms with Crippen molar-refractivity contribution >= 4 is 45.0 Å². The Kier molecular flexibility index (Phi) is 4.44. The largest absolute Gasteiger partial charge is 0.322 e. The molecule has 2 bridgehead atoms. The predicted octanol–water partition coefficient (Wildman–Crippen LogP) is 4.82. The number of imide groups is 1. The number of nitrogens with zero attached hydrogens (tertiary/aromatic N) is 1. The smallest absolute Gasteiger partial charge is 0.255 e. The van der Waals surface area contributed by atoms with Crippen molar-refractivity contribution in [3.63, 3.8) is 0 Å². The molecule has 1 N–H and O–H groups in total. The highest BCUT2D eigenvalue weighted by molar-refractivity contribution is 9.10. The van der Waals surface area contributed by atoms with E-state index in [1.807, 2.05) is 25.1 Å². The van der Waals surface area contributed by atoms with Gasteiger partial charge in [-0.25, -0.2) is 0 Å². The Labute approximate surface area is 195 Å². The van der Waals surface area contributed by atoms with E-state index < -0.39 is 0 Å². The van der Waals surface area contributed by atoms with E-state index in [0.717, 1.165) is 28.6 Å². The number of nitrogens with one attached hydrogen (secondary N) is 1. The molecule has 2 aromatic rings. The molecule has 0 aromatic heterocycles. The summed E-state index contributed by atoms with van der Waals surface area (Å²) in [6.07, 6.45) is 6.30. The predicted molar refractivity (Wildman–Crippen MR) is 125 cm³/mol. The molecule has 1 aliphatic heterocycles. The van der Waals surface area contributed by atoms with E-state index in [9.17, 15) is 14.4 Å². The van der Waals surface area contributed by atoms with Crippen molar-refractivity contribution in [3.8, 4) is 0 Å². The first-order valence-electron chi connectivity index (χ1n) is 11.2. The molecule has 3 fully saturated rings. The van der Waals surface area contributed by atoms with Crippen LogP contribution in [0.1, 0.15) is 29.3 Å². The summed E-state index contributed by atoms with van der Waals surface area (Å²) < 4.78 is 0.971. The van der Waals surface area contributed by atoms with Crippen molar-refractivity contribution < 1.29 is 14.4 Å². The summed E-state index contributed by atoms with van der Waals surface area (Å²) in [6.45, 7) is 2.04. The number of hydrogen-bond donors (Lipinski definition) is 1. The minimum atomic E-state index is -0.219. The molecule has 5 aliphatic rings. The van der Waals surface area contributed by atoms with Gasteiger partial charge in [0.05, 0.1) is 17.5 Å². The van der Waals surface area contributed by atoms with Crippen molar-refractivity contribution in [2.75, 3.05) is 10.2 Å². The van der Waals surface area contributed by atoms with Crippen LogP contribution in [-0.2, 0) is 16.0 Å². The summed E-state index contributed by atoms with van der Waals surface area (Å²) >= 11 is 3.46. The fraction of sp³-hybridized carbons (Fsp3) is 0.346. The molecule has 32 heavy (non-hydrogen) atoms. The molecular formula is C26H23BrN2O3. The van der Waals surface area contributed by atoms with Crippen LogP contribution in [-0.4, -0.2) is 17.7 Å². The van der Waals surface area contributed by atoms with Crippen LogP contribution in [0.4, 0.5) is 11.4 Å². The second-order valence-corrected chi connectivity index (χ2v) is 10.2. The van der Waals surface area contributed by atoms with E-state index in [0.29, 0.717) is 23.1 Å². The Hall–Kier alpha value is -2.73. The van der Waals surface area contributed by atoms with Gasteiger partial charge in [0, 0.05) is 15.7 Å². The van der Waals surface area contributed by atoms with Gasteiger partial charge >= 0.3 is 0 Å². The molecule has 7 rings (SSSR count). The van der Waals surface area contributed by atoms with Crippen LogP contribution < -0.4 is 10.2 Å². The van der Waals surface area contributed by atoms with Gasteiger partial charge in [0.1, 0.15) is 0 Å². The molecular weight excluding hydrogens is 468 g/mol. The number of halogens is 1. The van der Waals surface area contributed by atoms with E-state index in [-0.39, 0.29) is 41.4 Å². The second kappa shape index (κ2) is 7.14. The van der Waals surface area contributed by atoms with Crippen LogP contribution in [0, 0.1) is 35.5 Å².